The molecule has 0 fully saturated rings. The van der Waals surface area contributed by atoms with Gasteiger partial charge in [-0.3, -0.25) is 9.36 Å². The van der Waals surface area contributed by atoms with Gasteiger partial charge in [-0.25, -0.2) is 4.98 Å². The van der Waals surface area contributed by atoms with Gasteiger partial charge < -0.3 is 4.90 Å². The lowest BCUT2D eigenvalue weighted by Crippen LogP contribution is -2.28. The van der Waals surface area contributed by atoms with E-state index in [-0.39, 0.29) is 18.3 Å². The van der Waals surface area contributed by atoms with Crippen LogP contribution in [-0.2, 0) is 6.54 Å². The molecule has 7 heteroatoms. The molecule has 25 heavy (non-hydrogen) atoms. The zero-order valence-electron chi connectivity index (χ0n) is 13.4. The normalized spacial score (nSPS) is 10.8. The lowest BCUT2D eigenvalue weighted by atomic mass is 10.1. The number of carbonyl (C=O) groups excluding carboxylic acids is 1. The Bertz CT molecular complexity index is 975. The summed E-state index contributed by atoms with van der Waals surface area (Å²) in [5.74, 6) is -0.270. The zero-order valence-corrected chi connectivity index (χ0v) is 13.4. The van der Waals surface area contributed by atoms with Gasteiger partial charge in [0.05, 0.1) is 29.2 Å². The summed E-state index contributed by atoms with van der Waals surface area (Å²) in [6.07, 6.45) is 0. The Labute approximate surface area is 142 Å². The van der Waals surface area contributed by atoms with E-state index in [4.69, 9.17) is 5.26 Å². The summed E-state index contributed by atoms with van der Waals surface area (Å²) in [5.41, 5.74) is 1.45. The predicted molar refractivity (Wildman–Crippen MR) is 87.9 cm³/mol. The van der Waals surface area contributed by atoms with E-state index in [1.165, 1.54) is 18.0 Å². The van der Waals surface area contributed by atoms with Crippen molar-refractivity contribution in [3.05, 3.63) is 65.5 Å². The Morgan fingerprint density at radius 3 is 2.76 bits per heavy atom. The predicted octanol–water partition coefficient (Wildman–Crippen LogP) is 3.58. The monoisotopic (exact) mass is 340 g/mol. The highest BCUT2D eigenvalue weighted by atomic mass is 19.3. The smallest absolute Gasteiger partial charge is 0.320 e. The van der Waals surface area contributed by atoms with Crippen LogP contribution in [0.1, 0.15) is 28.3 Å². The van der Waals surface area contributed by atoms with Gasteiger partial charge in [0.15, 0.2) is 0 Å². The first kappa shape index (κ1) is 16.6. The molecule has 0 radical (unpaired) electrons. The molecule has 1 aromatic heterocycles. The van der Waals surface area contributed by atoms with Crippen LogP contribution in [-0.4, -0.2) is 27.4 Å². The van der Waals surface area contributed by atoms with E-state index < -0.39 is 6.55 Å². The third kappa shape index (κ3) is 3.19. The number of alkyl halides is 2. The second-order valence-corrected chi connectivity index (χ2v) is 5.52. The van der Waals surface area contributed by atoms with Crippen molar-refractivity contribution < 1.29 is 13.6 Å². The highest BCUT2D eigenvalue weighted by Crippen LogP contribution is 2.24. The average Bonchev–Trinajstić information content (AvgIpc) is 2.98. The molecular formula is C18H14F2N4O. The van der Waals surface area contributed by atoms with E-state index in [9.17, 15) is 13.6 Å². The van der Waals surface area contributed by atoms with E-state index in [2.05, 4.69) is 4.98 Å². The van der Waals surface area contributed by atoms with Crippen LogP contribution in [0.5, 0.6) is 0 Å². The van der Waals surface area contributed by atoms with Crippen molar-refractivity contribution in [2.24, 2.45) is 0 Å². The molecule has 0 spiro atoms. The van der Waals surface area contributed by atoms with Gasteiger partial charge in [0.2, 0.25) is 0 Å². The number of imidazole rings is 1. The average molecular weight is 340 g/mol. The third-order valence-electron chi connectivity index (χ3n) is 3.83. The number of carbonyl (C=O) groups is 1. The summed E-state index contributed by atoms with van der Waals surface area (Å²) >= 11 is 0. The van der Waals surface area contributed by atoms with Gasteiger partial charge in [-0.05, 0) is 30.3 Å². The Hall–Kier alpha value is -3.27. The lowest BCUT2D eigenvalue weighted by molar-refractivity contribution is 0.0646. The van der Waals surface area contributed by atoms with Gasteiger partial charge in [-0.15, -0.1) is 0 Å². The first-order valence-electron chi connectivity index (χ1n) is 7.51. The van der Waals surface area contributed by atoms with Crippen LogP contribution in [0.2, 0.25) is 0 Å². The van der Waals surface area contributed by atoms with Crippen LogP contribution in [0.15, 0.2) is 48.5 Å². The molecule has 3 rings (SSSR count). The fourth-order valence-corrected chi connectivity index (χ4v) is 2.65. The fraction of sp³-hybridized carbons (Fsp3) is 0.167. The van der Waals surface area contributed by atoms with Crippen LogP contribution in [0, 0.1) is 11.3 Å². The number of hydrogen-bond donors (Lipinski definition) is 0. The van der Waals surface area contributed by atoms with Crippen molar-refractivity contribution in [1.29, 1.82) is 5.26 Å². The van der Waals surface area contributed by atoms with Gasteiger partial charge in [-0.2, -0.15) is 14.0 Å². The molecule has 3 aromatic rings. The van der Waals surface area contributed by atoms with Gasteiger partial charge in [0.1, 0.15) is 5.82 Å². The lowest BCUT2D eigenvalue weighted by Gasteiger charge is -2.18. The van der Waals surface area contributed by atoms with Crippen LogP contribution < -0.4 is 0 Å². The van der Waals surface area contributed by atoms with Gasteiger partial charge in [0.25, 0.3) is 5.91 Å². The molecule has 0 aliphatic heterocycles. The van der Waals surface area contributed by atoms with Crippen LogP contribution in [0.4, 0.5) is 8.78 Å². The molecule has 0 saturated carbocycles. The number of fused-ring (bicyclic) bond motifs is 1. The summed E-state index contributed by atoms with van der Waals surface area (Å²) in [7, 11) is 1.51. The summed E-state index contributed by atoms with van der Waals surface area (Å²) < 4.78 is 27.7. The van der Waals surface area contributed by atoms with Crippen molar-refractivity contribution >= 4 is 16.9 Å². The number of rotatable bonds is 4. The maximum atomic E-state index is 13.4. The molecule has 5 nitrogen and oxygen atoms in total. The molecular weight excluding hydrogens is 326 g/mol. The number of halogens is 2. The maximum Gasteiger partial charge on any atom is 0.320 e. The number of hydrogen-bond acceptors (Lipinski definition) is 3. The molecule has 2 aromatic carbocycles. The van der Waals surface area contributed by atoms with Crippen LogP contribution in [0.3, 0.4) is 0 Å². The highest BCUT2D eigenvalue weighted by Gasteiger charge is 2.21. The van der Waals surface area contributed by atoms with Crippen molar-refractivity contribution in [3.63, 3.8) is 0 Å². The maximum absolute atomic E-state index is 13.4. The van der Waals surface area contributed by atoms with E-state index in [1.54, 1.807) is 42.5 Å². The van der Waals surface area contributed by atoms with Gasteiger partial charge in [0, 0.05) is 12.6 Å². The molecule has 1 amide bonds. The minimum atomic E-state index is -2.76. The number of para-hydroxylation sites is 2. The second-order valence-electron chi connectivity index (χ2n) is 5.52. The third-order valence-corrected chi connectivity index (χ3v) is 3.83. The van der Waals surface area contributed by atoms with E-state index in [1.807, 2.05) is 6.07 Å². The number of aromatic nitrogens is 2. The molecule has 1 heterocycles. The second kappa shape index (κ2) is 6.69. The molecule has 0 unspecified atom stereocenters. The molecule has 0 bridgehead atoms. The molecule has 0 aliphatic carbocycles. The van der Waals surface area contributed by atoms with E-state index in [0.717, 1.165) is 4.57 Å². The molecule has 0 atom stereocenters. The van der Waals surface area contributed by atoms with Crippen molar-refractivity contribution in [2.45, 2.75) is 13.1 Å². The Morgan fingerprint density at radius 2 is 2.04 bits per heavy atom. The quantitative estimate of drug-likeness (QED) is 0.729. The van der Waals surface area contributed by atoms with E-state index in [0.29, 0.717) is 22.2 Å². The molecule has 0 N–H and O–H groups in total. The van der Waals surface area contributed by atoms with Crippen molar-refractivity contribution in [1.82, 2.24) is 14.5 Å². The van der Waals surface area contributed by atoms with Gasteiger partial charge >= 0.3 is 6.55 Å². The standard InChI is InChI=1S/C18H14F2N4O/c1-23(17(25)13-6-4-5-12(9-13)10-21)11-16-22-14-7-2-3-8-15(14)24(16)18(19)20/h2-9,18H,11H2,1H3. The summed E-state index contributed by atoms with van der Waals surface area (Å²) in [5, 5.41) is 8.92. The number of amides is 1. The van der Waals surface area contributed by atoms with Crippen LogP contribution >= 0.6 is 0 Å². The Morgan fingerprint density at radius 1 is 1.28 bits per heavy atom. The largest absolute Gasteiger partial charge is 0.334 e. The minimum Gasteiger partial charge on any atom is -0.334 e. The Balaban J connectivity index is 1.91. The zero-order chi connectivity index (χ0) is 18.0. The summed E-state index contributed by atoms with van der Waals surface area (Å²) in [4.78, 5) is 18.0. The van der Waals surface area contributed by atoms with Crippen molar-refractivity contribution in [2.75, 3.05) is 7.05 Å². The number of nitriles is 1. The highest BCUT2D eigenvalue weighted by molar-refractivity contribution is 5.94. The molecule has 0 saturated heterocycles. The van der Waals surface area contributed by atoms with E-state index >= 15 is 0 Å². The first-order valence-corrected chi connectivity index (χ1v) is 7.51. The Kier molecular flexibility index (Phi) is 4.44. The van der Waals surface area contributed by atoms with Crippen molar-refractivity contribution in [3.8, 4) is 6.07 Å². The van der Waals surface area contributed by atoms with Gasteiger partial charge in [-0.1, -0.05) is 18.2 Å². The number of nitrogens with zero attached hydrogens (tertiary/aromatic N) is 4. The minimum absolute atomic E-state index is 0.0748. The topological polar surface area (TPSA) is 61.9 Å². The SMILES string of the molecule is CN(Cc1nc2ccccc2n1C(F)F)C(=O)c1cccc(C#N)c1. The summed E-state index contributed by atoms with van der Waals surface area (Å²) in [6, 6.07) is 14.8. The molecule has 0 aliphatic rings. The first-order chi connectivity index (χ1) is 12.0. The van der Waals surface area contributed by atoms with Crippen LogP contribution in [0.25, 0.3) is 11.0 Å². The number of benzene rings is 2. The summed E-state index contributed by atoms with van der Waals surface area (Å²) in [6.45, 7) is -2.83. The fourth-order valence-electron chi connectivity index (χ4n) is 2.65. The molecule has 126 valence electrons.